The molecule has 4 aliphatic rings. The topological polar surface area (TPSA) is 69.7 Å². The van der Waals surface area contributed by atoms with E-state index >= 15 is 0 Å². The minimum absolute atomic E-state index is 0.0267. The number of esters is 2. The first kappa shape index (κ1) is 23.5. The van der Waals surface area contributed by atoms with Crippen LogP contribution in [0, 0.1) is 40.4 Å². The van der Waals surface area contributed by atoms with E-state index in [0.717, 1.165) is 51.4 Å². The third-order valence-electron chi connectivity index (χ3n) is 10.0. The number of ketones is 1. The molecule has 0 spiro atoms. The summed E-state index contributed by atoms with van der Waals surface area (Å²) < 4.78 is 10.4. The summed E-state index contributed by atoms with van der Waals surface area (Å²) in [6.07, 6.45) is 10.5. The van der Waals surface area contributed by atoms with E-state index in [2.05, 4.69) is 20.8 Å². The van der Waals surface area contributed by atoms with E-state index in [1.807, 2.05) is 6.08 Å². The summed E-state index contributed by atoms with van der Waals surface area (Å²) in [5, 5.41) is 0. The molecule has 0 aromatic rings. The Bertz CT molecular complexity index is 815. The lowest BCUT2D eigenvalue weighted by Gasteiger charge is -2.56. The van der Waals surface area contributed by atoms with Crippen LogP contribution in [0.1, 0.15) is 85.5 Å². The van der Waals surface area contributed by atoms with Crippen LogP contribution in [-0.4, -0.2) is 30.9 Å². The molecule has 8 atom stereocenters. The lowest BCUT2D eigenvalue weighted by atomic mass is 9.48. The van der Waals surface area contributed by atoms with Gasteiger partial charge in [0.15, 0.2) is 5.78 Å². The number of carbonyl (C=O) groups is 3. The van der Waals surface area contributed by atoms with Crippen LogP contribution in [0.3, 0.4) is 0 Å². The molecule has 32 heavy (non-hydrogen) atoms. The number of fused-ring (bicyclic) bond motifs is 5. The summed E-state index contributed by atoms with van der Waals surface area (Å²) in [5.74, 6) is 1.99. The summed E-state index contributed by atoms with van der Waals surface area (Å²) in [7, 11) is 1.44. The van der Waals surface area contributed by atoms with E-state index in [9.17, 15) is 14.4 Å². The first-order chi connectivity index (χ1) is 15.1. The average Bonchev–Trinajstić information content (AvgIpc) is 3.11. The predicted molar refractivity (Wildman–Crippen MR) is 122 cm³/mol. The van der Waals surface area contributed by atoms with E-state index in [0.29, 0.717) is 41.8 Å². The van der Waals surface area contributed by atoms with Gasteiger partial charge >= 0.3 is 11.9 Å². The summed E-state index contributed by atoms with van der Waals surface area (Å²) in [4.78, 5) is 36.9. The van der Waals surface area contributed by atoms with Crippen LogP contribution in [0.5, 0.6) is 0 Å². The average molecular weight is 445 g/mol. The van der Waals surface area contributed by atoms with Gasteiger partial charge in [-0.2, -0.15) is 0 Å². The molecule has 178 valence electrons. The Morgan fingerprint density at radius 1 is 1.16 bits per heavy atom. The zero-order valence-corrected chi connectivity index (χ0v) is 20.4. The molecule has 3 saturated carbocycles. The molecular weight excluding hydrogens is 404 g/mol. The van der Waals surface area contributed by atoms with Crippen molar-refractivity contribution in [3.63, 3.8) is 0 Å². The van der Waals surface area contributed by atoms with Gasteiger partial charge in [0, 0.05) is 18.8 Å². The molecule has 4 rings (SSSR count). The Kier molecular flexibility index (Phi) is 6.32. The maximum Gasteiger partial charge on any atom is 0.305 e. The number of carbonyl (C=O) groups excluding carboxylic acids is 3. The van der Waals surface area contributed by atoms with Gasteiger partial charge in [0.2, 0.25) is 0 Å². The fourth-order valence-corrected chi connectivity index (χ4v) is 8.21. The fourth-order valence-electron chi connectivity index (χ4n) is 8.21. The lowest BCUT2D eigenvalue weighted by molar-refractivity contribution is -0.151. The van der Waals surface area contributed by atoms with Gasteiger partial charge in [-0.15, -0.1) is 0 Å². The summed E-state index contributed by atoms with van der Waals surface area (Å²) in [6.45, 7) is 8.28. The van der Waals surface area contributed by atoms with Crippen LogP contribution >= 0.6 is 0 Å². The molecule has 4 aliphatic carbocycles. The molecule has 0 N–H and O–H groups in total. The molecule has 5 nitrogen and oxygen atoms in total. The highest BCUT2D eigenvalue weighted by atomic mass is 16.5. The van der Waals surface area contributed by atoms with Gasteiger partial charge in [0.1, 0.15) is 6.10 Å². The highest BCUT2D eigenvalue weighted by Gasteiger charge is 2.61. The predicted octanol–water partition coefficient (Wildman–Crippen LogP) is 5.27. The first-order valence-electron chi connectivity index (χ1n) is 12.6. The molecule has 6 unspecified atom stereocenters. The van der Waals surface area contributed by atoms with E-state index in [1.54, 1.807) is 0 Å². The zero-order valence-electron chi connectivity index (χ0n) is 20.4. The molecule has 0 saturated heterocycles. The molecule has 0 bridgehead atoms. The van der Waals surface area contributed by atoms with Crippen molar-refractivity contribution in [3.05, 3.63) is 11.6 Å². The van der Waals surface area contributed by atoms with Crippen LogP contribution in [0.25, 0.3) is 0 Å². The maximum atomic E-state index is 13.8. The number of hydrogen-bond donors (Lipinski definition) is 0. The Labute approximate surface area is 192 Å². The number of methoxy groups -OCH3 is 1. The molecule has 0 aliphatic heterocycles. The number of allylic oxidation sites excluding steroid dienone is 2. The number of rotatable bonds is 5. The highest BCUT2D eigenvalue weighted by molar-refractivity contribution is 5.97. The number of hydrogen-bond acceptors (Lipinski definition) is 5. The third-order valence-corrected chi connectivity index (χ3v) is 10.0. The molecule has 0 aromatic heterocycles. The fraction of sp³-hybridized carbons (Fsp3) is 0.815. The standard InChI is InChI=1S/C27H40O5/c1-16(6-11-25(30)31-5)21-9-10-22-20-8-7-18-14-19(32-17(2)28)12-13-26(18,3)23(20)15-24(29)27(21,22)4/h15-16,18-22H,6-14H2,1-5H3/t16-,18?,19-,20?,21?,22?,26?,27?/m1/s1. The third kappa shape index (κ3) is 3.74. The molecular formula is C27H40O5. The number of ether oxygens (including phenoxy) is 2. The van der Waals surface area contributed by atoms with Gasteiger partial charge in [0.05, 0.1) is 7.11 Å². The van der Waals surface area contributed by atoms with Crippen molar-refractivity contribution in [3.8, 4) is 0 Å². The minimum Gasteiger partial charge on any atom is -0.469 e. The van der Waals surface area contributed by atoms with Crippen molar-refractivity contribution < 1.29 is 23.9 Å². The van der Waals surface area contributed by atoms with E-state index in [-0.39, 0.29) is 28.9 Å². The van der Waals surface area contributed by atoms with E-state index in [4.69, 9.17) is 9.47 Å². The van der Waals surface area contributed by atoms with Crippen molar-refractivity contribution in [2.75, 3.05) is 7.11 Å². The molecule has 0 amide bonds. The largest absolute Gasteiger partial charge is 0.469 e. The van der Waals surface area contributed by atoms with Crippen molar-refractivity contribution >= 4 is 17.7 Å². The Morgan fingerprint density at radius 3 is 2.59 bits per heavy atom. The van der Waals surface area contributed by atoms with Gasteiger partial charge < -0.3 is 9.47 Å². The second-order valence-corrected chi connectivity index (χ2v) is 11.4. The van der Waals surface area contributed by atoms with Crippen LogP contribution in [0.2, 0.25) is 0 Å². The first-order valence-corrected chi connectivity index (χ1v) is 12.6. The molecule has 0 aromatic carbocycles. The van der Waals surface area contributed by atoms with Gasteiger partial charge in [-0.05, 0) is 92.4 Å². The van der Waals surface area contributed by atoms with Gasteiger partial charge in [-0.25, -0.2) is 0 Å². The summed E-state index contributed by atoms with van der Waals surface area (Å²) >= 11 is 0. The quantitative estimate of drug-likeness (QED) is 0.541. The second kappa shape index (κ2) is 8.61. The van der Waals surface area contributed by atoms with Crippen LogP contribution in [0.15, 0.2) is 11.6 Å². The molecule has 0 radical (unpaired) electrons. The maximum absolute atomic E-state index is 13.8. The van der Waals surface area contributed by atoms with E-state index < -0.39 is 0 Å². The highest BCUT2D eigenvalue weighted by Crippen LogP contribution is 2.65. The summed E-state index contributed by atoms with van der Waals surface area (Å²) in [5.41, 5.74) is 1.12. The van der Waals surface area contributed by atoms with Crippen molar-refractivity contribution in [1.29, 1.82) is 0 Å². The second-order valence-electron chi connectivity index (χ2n) is 11.4. The monoisotopic (exact) mass is 444 g/mol. The zero-order chi connectivity index (χ0) is 23.3. The Hall–Kier alpha value is -1.65. The van der Waals surface area contributed by atoms with Gasteiger partial charge in [-0.3, -0.25) is 14.4 Å². The van der Waals surface area contributed by atoms with Crippen molar-refractivity contribution in [1.82, 2.24) is 0 Å². The normalized spacial score (nSPS) is 41.6. The van der Waals surface area contributed by atoms with Crippen LogP contribution < -0.4 is 0 Å². The Morgan fingerprint density at radius 2 is 1.91 bits per heavy atom. The molecule has 3 fully saturated rings. The molecule has 5 heteroatoms. The Balaban J connectivity index is 1.56. The smallest absolute Gasteiger partial charge is 0.305 e. The van der Waals surface area contributed by atoms with Crippen LogP contribution in [0.4, 0.5) is 0 Å². The summed E-state index contributed by atoms with van der Waals surface area (Å²) in [6, 6.07) is 0. The van der Waals surface area contributed by atoms with Crippen molar-refractivity contribution in [2.24, 2.45) is 40.4 Å². The van der Waals surface area contributed by atoms with Gasteiger partial charge in [0.25, 0.3) is 0 Å². The minimum atomic E-state index is -0.318. The van der Waals surface area contributed by atoms with E-state index in [1.165, 1.54) is 19.6 Å². The van der Waals surface area contributed by atoms with Crippen molar-refractivity contribution in [2.45, 2.75) is 91.6 Å². The van der Waals surface area contributed by atoms with Gasteiger partial charge in [-0.1, -0.05) is 26.3 Å². The lowest BCUT2D eigenvalue weighted by Crippen LogP contribution is -2.52. The molecule has 0 heterocycles. The van der Waals surface area contributed by atoms with Crippen LogP contribution in [-0.2, 0) is 23.9 Å². The SMILES string of the molecule is COC(=O)CC[C@@H](C)C1CCC2C3CCC4C[C@H](OC(C)=O)CCC4(C)C3=CC(=O)C21C.